The fraction of sp³-hybridized carbons (Fsp3) is 0.318. The first kappa shape index (κ1) is 21.5. The molecule has 9 heteroatoms. The van der Waals surface area contributed by atoms with Crippen molar-refractivity contribution in [2.45, 2.75) is 18.9 Å². The van der Waals surface area contributed by atoms with Crippen molar-refractivity contribution in [2.75, 3.05) is 36.4 Å². The minimum Gasteiger partial charge on any atom is -0.368 e. The molecular weight excluding hydrogens is 439 g/mol. The Kier molecular flexibility index (Phi) is 6.34. The maximum Gasteiger partial charge on any atom is 0.254 e. The highest BCUT2D eigenvalue weighted by Crippen LogP contribution is 2.28. The average Bonchev–Trinajstić information content (AvgIpc) is 2.90. The summed E-state index contributed by atoms with van der Waals surface area (Å²) in [5, 5.41) is 6.51. The van der Waals surface area contributed by atoms with E-state index in [0.29, 0.717) is 47.5 Å². The lowest BCUT2D eigenvalue weighted by molar-refractivity contribution is -0.131. The second-order valence-electron chi connectivity index (χ2n) is 7.57. The number of rotatable bonds is 4. The molecule has 1 fully saturated rings. The molecule has 162 valence electrons. The molecule has 0 saturated carbocycles. The predicted molar refractivity (Wildman–Crippen MR) is 121 cm³/mol. The molecule has 0 bridgehead atoms. The highest BCUT2D eigenvalue weighted by atomic mass is 35.5. The van der Waals surface area contributed by atoms with Gasteiger partial charge in [-0.25, -0.2) is 0 Å². The Morgan fingerprint density at radius 3 is 2.48 bits per heavy atom. The van der Waals surface area contributed by atoms with Gasteiger partial charge in [0.2, 0.25) is 11.8 Å². The lowest BCUT2D eigenvalue weighted by atomic mass is 10.1. The van der Waals surface area contributed by atoms with Crippen LogP contribution in [0.3, 0.4) is 0 Å². The number of hydrogen-bond donors (Lipinski definition) is 2. The molecule has 2 aliphatic rings. The van der Waals surface area contributed by atoms with E-state index in [9.17, 15) is 14.4 Å². The van der Waals surface area contributed by atoms with E-state index in [1.165, 1.54) is 0 Å². The van der Waals surface area contributed by atoms with Crippen molar-refractivity contribution >= 4 is 52.3 Å². The third-order valence-corrected chi connectivity index (χ3v) is 6.34. The highest BCUT2D eigenvalue weighted by Gasteiger charge is 2.29. The summed E-state index contributed by atoms with van der Waals surface area (Å²) in [4.78, 5) is 41.5. The summed E-state index contributed by atoms with van der Waals surface area (Å²) in [6.45, 7) is 2.51. The molecule has 0 aromatic heterocycles. The molecule has 7 nitrogen and oxygen atoms in total. The zero-order valence-electron chi connectivity index (χ0n) is 16.7. The van der Waals surface area contributed by atoms with Gasteiger partial charge in [0.1, 0.15) is 6.04 Å². The topological polar surface area (TPSA) is 81.8 Å². The van der Waals surface area contributed by atoms with E-state index in [0.717, 1.165) is 5.69 Å². The number of nitrogens with zero attached hydrogens (tertiary/aromatic N) is 2. The van der Waals surface area contributed by atoms with Crippen molar-refractivity contribution in [3.05, 3.63) is 58.1 Å². The summed E-state index contributed by atoms with van der Waals surface area (Å²) in [5.41, 5.74) is 1.87. The number of nitrogens with one attached hydrogen (secondary N) is 2. The van der Waals surface area contributed by atoms with Gasteiger partial charge >= 0.3 is 0 Å². The molecule has 2 aromatic rings. The summed E-state index contributed by atoms with van der Waals surface area (Å²) < 4.78 is 0. The number of halogens is 2. The van der Waals surface area contributed by atoms with Crippen molar-refractivity contribution in [3.8, 4) is 0 Å². The van der Waals surface area contributed by atoms with Gasteiger partial charge in [-0.2, -0.15) is 0 Å². The Bertz CT molecular complexity index is 1020. The zero-order chi connectivity index (χ0) is 22.0. The first-order valence-electron chi connectivity index (χ1n) is 10.1. The SMILES string of the molecule is O=C1NC(CCC(=O)N2CCN(c3ccc(Cl)c(Cl)c3)CC2)C(=O)Nc2ccccc21. The van der Waals surface area contributed by atoms with Crippen LogP contribution < -0.4 is 15.5 Å². The smallest absolute Gasteiger partial charge is 0.254 e. The van der Waals surface area contributed by atoms with Crippen LogP contribution in [-0.4, -0.2) is 54.8 Å². The normalized spacial score (nSPS) is 18.7. The Hall–Kier alpha value is -2.77. The number of hydrogen-bond acceptors (Lipinski definition) is 4. The van der Waals surface area contributed by atoms with Crippen molar-refractivity contribution in [3.63, 3.8) is 0 Å². The summed E-state index contributed by atoms with van der Waals surface area (Å²) in [6.07, 6.45) is 0.429. The van der Waals surface area contributed by atoms with Gasteiger partial charge in [0.15, 0.2) is 0 Å². The predicted octanol–water partition coefficient (Wildman–Crippen LogP) is 3.17. The quantitative estimate of drug-likeness (QED) is 0.733. The Labute approximate surface area is 190 Å². The maximum absolute atomic E-state index is 12.7. The number of carbonyl (C=O) groups is 3. The minimum atomic E-state index is -0.749. The van der Waals surface area contributed by atoms with Crippen molar-refractivity contribution < 1.29 is 14.4 Å². The third kappa shape index (κ3) is 4.78. The monoisotopic (exact) mass is 460 g/mol. The molecule has 2 N–H and O–H groups in total. The summed E-state index contributed by atoms with van der Waals surface area (Å²) in [7, 11) is 0. The lowest BCUT2D eigenvalue weighted by Crippen LogP contribution is -2.49. The fourth-order valence-electron chi connectivity index (χ4n) is 3.84. The van der Waals surface area contributed by atoms with Crippen molar-refractivity contribution in [1.82, 2.24) is 10.2 Å². The number of piperazine rings is 1. The van der Waals surface area contributed by atoms with Gasteiger partial charge < -0.3 is 20.4 Å². The van der Waals surface area contributed by atoms with Gasteiger partial charge in [-0.1, -0.05) is 35.3 Å². The first-order valence-corrected chi connectivity index (χ1v) is 10.9. The van der Waals surface area contributed by atoms with Gasteiger partial charge in [-0.05, 0) is 36.8 Å². The summed E-state index contributed by atoms with van der Waals surface area (Å²) >= 11 is 12.1. The zero-order valence-corrected chi connectivity index (χ0v) is 18.2. The van der Waals surface area contributed by atoms with Crippen LogP contribution in [0.4, 0.5) is 11.4 Å². The fourth-order valence-corrected chi connectivity index (χ4v) is 4.13. The van der Waals surface area contributed by atoms with Crippen molar-refractivity contribution in [1.29, 1.82) is 0 Å². The van der Waals surface area contributed by atoms with Crippen LogP contribution in [-0.2, 0) is 9.59 Å². The molecule has 1 atom stereocenters. The largest absolute Gasteiger partial charge is 0.368 e. The van der Waals surface area contributed by atoms with E-state index in [-0.39, 0.29) is 30.6 Å². The Balaban J connectivity index is 1.30. The number of anilines is 2. The van der Waals surface area contributed by atoms with Crippen LogP contribution >= 0.6 is 23.2 Å². The van der Waals surface area contributed by atoms with Crippen molar-refractivity contribution in [2.24, 2.45) is 0 Å². The number of fused-ring (bicyclic) bond motifs is 1. The van der Waals surface area contributed by atoms with Gasteiger partial charge in [-0.15, -0.1) is 0 Å². The molecule has 2 aliphatic heterocycles. The molecular formula is C22H22Cl2N4O3. The third-order valence-electron chi connectivity index (χ3n) is 5.60. The number of para-hydroxylation sites is 1. The number of amides is 3. The molecule has 0 spiro atoms. The standard InChI is InChI=1S/C22H22Cl2N4O3/c23-16-6-5-14(13-17(16)24)27-9-11-28(12-10-27)20(29)8-7-19-22(31)25-18-4-2-1-3-15(18)21(30)26-19/h1-6,13,19H,7-12H2,(H,25,31)(H,26,30). The van der Waals surface area contributed by atoms with Crippen LogP contribution in [0, 0.1) is 0 Å². The maximum atomic E-state index is 12.7. The van der Waals surface area contributed by atoms with Crippen LogP contribution in [0.2, 0.25) is 10.0 Å². The van der Waals surface area contributed by atoms with Crippen LogP contribution in [0.1, 0.15) is 23.2 Å². The Morgan fingerprint density at radius 2 is 1.74 bits per heavy atom. The van der Waals surface area contributed by atoms with E-state index in [1.54, 1.807) is 35.2 Å². The Morgan fingerprint density at radius 1 is 1.00 bits per heavy atom. The molecule has 1 unspecified atom stereocenters. The van der Waals surface area contributed by atoms with E-state index in [4.69, 9.17) is 23.2 Å². The van der Waals surface area contributed by atoms with Crippen LogP contribution in [0.15, 0.2) is 42.5 Å². The first-order chi connectivity index (χ1) is 14.9. The lowest BCUT2D eigenvalue weighted by Gasteiger charge is -2.36. The summed E-state index contributed by atoms with van der Waals surface area (Å²) in [5.74, 6) is -0.658. The molecule has 4 rings (SSSR count). The highest BCUT2D eigenvalue weighted by molar-refractivity contribution is 6.42. The van der Waals surface area contributed by atoms with E-state index in [2.05, 4.69) is 15.5 Å². The molecule has 2 aromatic carbocycles. The molecule has 0 radical (unpaired) electrons. The van der Waals surface area contributed by atoms with Gasteiger partial charge in [0.25, 0.3) is 5.91 Å². The van der Waals surface area contributed by atoms with Crippen LogP contribution in [0.5, 0.6) is 0 Å². The van der Waals surface area contributed by atoms with E-state index in [1.807, 2.05) is 12.1 Å². The average molecular weight is 461 g/mol. The summed E-state index contributed by atoms with van der Waals surface area (Å²) in [6, 6.07) is 11.6. The van der Waals surface area contributed by atoms with E-state index >= 15 is 0 Å². The number of benzene rings is 2. The molecule has 1 saturated heterocycles. The molecule has 31 heavy (non-hydrogen) atoms. The van der Waals surface area contributed by atoms with E-state index < -0.39 is 6.04 Å². The molecule has 0 aliphatic carbocycles. The van der Waals surface area contributed by atoms with Gasteiger partial charge in [0.05, 0.1) is 21.3 Å². The van der Waals surface area contributed by atoms with Crippen LogP contribution in [0.25, 0.3) is 0 Å². The van der Waals surface area contributed by atoms with Gasteiger partial charge in [-0.3, -0.25) is 14.4 Å². The molecule has 2 heterocycles. The molecule has 3 amide bonds. The minimum absolute atomic E-state index is 0.0300. The second-order valence-corrected chi connectivity index (χ2v) is 8.38. The van der Waals surface area contributed by atoms with Gasteiger partial charge in [0, 0.05) is 38.3 Å². The number of carbonyl (C=O) groups excluding carboxylic acids is 3. The second kappa shape index (κ2) is 9.16.